The fraction of sp³-hybridized carbons (Fsp3) is 0.500. The smallest absolute Gasteiger partial charge is 0.217 e. The largest absolute Gasteiger partial charge is 0.463 e. The number of hydrogen-bond donors (Lipinski definition) is 1. The van der Waals surface area contributed by atoms with Crippen molar-refractivity contribution >= 4 is 5.91 Å². The van der Waals surface area contributed by atoms with Crippen LogP contribution in [-0.2, 0) is 24.9 Å². The van der Waals surface area contributed by atoms with Gasteiger partial charge in [0, 0.05) is 26.7 Å². The van der Waals surface area contributed by atoms with Crippen molar-refractivity contribution in [2.45, 2.75) is 38.9 Å². The highest BCUT2D eigenvalue weighted by Gasteiger charge is 2.29. The standard InChI is InChI=1S/C16H22N4O2/c1-12(21)18-9-14-5-6-16(22-14)15-4-3-7-20(15)10-13-8-17-11-19(13)2/h5-6,8,11,15H,3-4,7,9-10H2,1-2H3,(H,18,21). The molecule has 1 atom stereocenters. The molecule has 0 aromatic carbocycles. The van der Waals surface area contributed by atoms with Gasteiger partial charge in [0.25, 0.3) is 0 Å². The van der Waals surface area contributed by atoms with Crippen LogP contribution < -0.4 is 5.32 Å². The zero-order chi connectivity index (χ0) is 15.5. The van der Waals surface area contributed by atoms with Crippen LogP contribution in [0.4, 0.5) is 0 Å². The molecule has 118 valence electrons. The molecule has 6 nitrogen and oxygen atoms in total. The van der Waals surface area contributed by atoms with E-state index in [2.05, 4.69) is 19.8 Å². The highest BCUT2D eigenvalue weighted by molar-refractivity contribution is 5.72. The lowest BCUT2D eigenvalue weighted by molar-refractivity contribution is -0.119. The maximum atomic E-state index is 11.0. The van der Waals surface area contributed by atoms with E-state index in [1.54, 1.807) is 0 Å². The molecule has 1 aliphatic rings. The lowest BCUT2D eigenvalue weighted by atomic mass is 10.1. The summed E-state index contributed by atoms with van der Waals surface area (Å²) >= 11 is 0. The van der Waals surface area contributed by atoms with E-state index in [1.807, 2.05) is 31.7 Å². The zero-order valence-electron chi connectivity index (χ0n) is 13.1. The molecule has 0 aliphatic carbocycles. The normalized spacial score (nSPS) is 18.7. The molecule has 3 rings (SSSR count). The van der Waals surface area contributed by atoms with Crippen molar-refractivity contribution in [3.05, 3.63) is 41.9 Å². The maximum absolute atomic E-state index is 11.0. The Hall–Kier alpha value is -2.08. The van der Waals surface area contributed by atoms with Gasteiger partial charge in [-0.1, -0.05) is 0 Å². The van der Waals surface area contributed by atoms with Crippen LogP contribution >= 0.6 is 0 Å². The predicted molar refractivity (Wildman–Crippen MR) is 81.8 cm³/mol. The molecule has 6 heteroatoms. The number of imidazole rings is 1. The van der Waals surface area contributed by atoms with Crippen LogP contribution in [0.15, 0.2) is 29.1 Å². The van der Waals surface area contributed by atoms with Crippen LogP contribution in [0, 0.1) is 0 Å². The van der Waals surface area contributed by atoms with Crippen LogP contribution in [-0.4, -0.2) is 26.9 Å². The Kier molecular flexibility index (Phi) is 4.29. The summed E-state index contributed by atoms with van der Waals surface area (Å²) in [6.07, 6.45) is 6.02. The molecule has 1 amide bonds. The number of likely N-dealkylation sites (tertiary alicyclic amines) is 1. The first-order chi connectivity index (χ1) is 10.6. The molecule has 0 spiro atoms. The first kappa shape index (κ1) is 14.8. The summed E-state index contributed by atoms with van der Waals surface area (Å²) in [6, 6.07) is 4.29. The lowest BCUT2D eigenvalue weighted by Gasteiger charge is -2.22. The van der Waals surface area contributed by atoms with E-state index in [9.17, 15) is 4.79 Å². The number of hydrogen-bond acceptors (Lipinski definition) is 4. The van der Waals surface area contributed by atoms with Gasteiger partial charge in [-0.2, -0.15) is 0 Å². The Morgan fingerprint density at radius 1 is 1.50 bits per heavy atom. The quantitative estimate of drug-likeness (QED) is 0.917. The number of carbonyl (C=O) groups excluding carboxylic acids is 1. The van der Waals surface area contributed by atoms with Gasteiger partial charge in [0.1, 0.15) is 11.5 Å². The second kappa shape index (κ2) is 6.36. The second-order valence-corrected chi connectivity index (χ2v) is 5.84. The third-order valence-corrected chi connectivity index (χ3v) is 4.17. The topological polar surface area (TPSA) is 63.3 Å². The summed E-state index contributed by atoms with van der Waals surface area (Å²) in [6.45, 7) is 3.90. The van der Waals surface area contributed by atoms with Crippen LogP contribution in [0.1, 0.15) is 43.0 Å². The molecule has 1 unspecified atom stereocenters. The van der Waals surface area contributed by atoms with E-state index in [1.165, 1.54) is 19.0 Å². The molecule has 0 radical (unpaired) electrons. The van der Waals surface area contributed by atoms with Crippen LogP contribution in [0.25, 0.3) is 0 Å². The molecule has 0 saturated carbocycles. The van der Waals surface area contributed by atoms with Gasteiger partial charge in [-0.15, -0.1) is 0 Å². The zero-order valence-corrected chi connectivity index (χ0v) is 13.1. The third-order valence-electron chi connectivity index (χ3n) is 4.17. The first-order valence-corrected chi connectivity index (χ1v) is 7.66. The van der Waals surface area contributed by atoms with Gasteiger partial charge in [-0.3, -0.25) is 9.69 Å². The summed E-state index contributed by atoms with van der Waals surface area (Å²) in [5.41, 5.74) is 1.21. The van der Waals surface area contributed by atoms with Crippen LogP contribution in [0.2, 0.25) is 0 Å². The highest BCUT2D eigenvalue weighted by Crippen LogP contribution is 2.34. The van der Waals surface area contributed by atoms with Gasteiger partial charge in [-0.25, -0.2) is 4.98 Å². The molecule has 1 saturated heterocycles. The van der Waals surface area contributed by atoms with E-state index >= 15 is 0 Å². The van der Waals surface area contributed by atoms with Gasteiger partial charge in [0.15, 0.2) is 0 Å². The summed E-state index contributed by atoms with van der Waals surface area (Å²) in [5, 5.41) is 2.76. The van der Waals surface area contributed by atoms with E-state index in [-0.39, 0.29) is 5.91 Å². The van der Waals surface area contributed by atoms with Crippen molar-refractivity contribution in [2.24, 2.45) is 7.05 Å². The molecule has 1 aliphatic heterocycles. The molecule has 1 N–H and O–H groups in total. The Morgan fingerprint density at radius 2 is 2.36 bits per heavy atom. The first-order valence-electron chi connectivity index (χ1n) is 7.66. The number of nitrogens with zero attached hydrogens (tertiary/aromatic N) is 3. The fourth-order valence-electron chi connectivity index (χ4n) is 2.96. The molecular weight excluding hydrogens is 280 g/mol. The second-order valence-electron chi connectivity index (χ2n) is 5.84. The monoisotopic (exact) mass is 302 g/mol. The molecule has 1 fully saturated rings. The Balaban J connectivity index is 1.67. The maximum Gasteiger partial charge on any atom is 0.217 e. The summed E-state index contributed by atoms with van der Waals surface area (Å²) in [7, 11) is 2.02. The van der Waals surface area contributed by atoms with E-state index in [4.69, 9.17) is 4.42 Å². The summed E-state index contributed by atoms with van der Waals surface area (Å²) in [5.74, 6) is 1.74. The van der Waals surface area contributed by atoms with E-state index in [0.29, 0.717) is 12.6 Å². The van der Waals surface area contributed by atoms with Crippen molar-refractivity contribution in [3.63, 3.8) is 0 Å². The molecular formula is C16H22N4O2. The number of furan rings is 1. The molecule has 3 heterocycles. The number of aryl methyl sites for hydroxylation is 1. The number of carbonyl (C=O) groups is 1. The van der Waals surface area contributed by atoms with Crippen LogP contribution in [0.3, 0.4) is 0 Å². The van der Waals surface area contributed by atoms with Crippen molar-refractivity contribution in [2.75, 3.05) is 6.54 Å². The average molecular weight is 302 g/mol. The van der Waals surface area contributed by atoms with Crippen molar-refractivity contribution in [1.29, 1.82) is 0 Å². The minimum absolute atomic E-state index is 0.0448. The molecule has 2 aromatic rings. The summed E-state index contributed by atoms with van der Waals surface area (Å²) < 4.78 is 7.97. The van der Waals surface area contributed by atoms with Gasteiger partial charge < -0.3 is 14.3 Å². The van der Waals surface area contributed by atoms with Gasteiger partial charge >= 0.3 is 0 Å². The van der Waals surface area contributed by atoms with Crippen molar-refractivity contribution < 1.29 is 9.21 Å². The Morgan fingerprint density at radius 3 is 3.09 bits per heavy atom. The van der Waals surface area contributed by atoms with Gasteiger partial charge in [-0.05, 0) is 31.5 Å². The predicted octanol–water partition coefficient (Wildman–Crippen LogP) is 1.99. The fourth-order valence-corrected chi connectivity index (χ4v) is 2.96. The number of rotatable bonds is 5. The lowest BCUT2D eigenvalue weighted by Crippen LogP contribution is -2.23. The number of nitrogens with one attached hydrogen (secondary N) is 1. The third kappa shape index (κ3) is 3.22. The number of aromatic nitrogens is 2. The van der Waals surface area contributed by atoms with Crippen molar-refractivity contribution in [3.8, 4) is 0 Å². The SMILES string of the molecule is CC(=O)NCc1ccc(C2CCCN2Cc2cncn2C)o1. The van der Waals surface area contributed by atoms with Gasteiger partial charge in [0.05, 0.1) is 24.6 Å². The van der Waals surface area contributed by atoms with Gasteiger partial charge in [0.2, 0.25) is 5.91 Å². The summed E-state index contributed by atoms with van der Waals surface area (Å²) in [4.78, 5) is 17.6. The van der Waals surface area contributed by atoms with Crippen molar-refractivity contribution in [1.82, 2.24) is 19.8 Å². The highest BCUT2D eigenvalue weighted by atomic mass is 16.3. The molecule has 2 aromatic heterocycles. The average Bonchev–Trinajstić information content (AvgIpc) is 3.19. The number of amides is 1. The molecule has 22 heavy (non-hydrogen) atoms. The minimum Gasteiger partial charge on any atom is -0.463 e. The Bertz CT molecular complexity index is 646. The minimum atomic E-state index is -0.0448. The van der Waals surface area contributed by atoms with E-state index < -0.39 is 0 Å². The Labute approximate surface area is 130 Å². The molecule has 0 bridgehead atoms. The van der Waals surface area contributed by atoms with Crippen LogP contribution in [0.5, 0.6) is 0 Å². The van der Waals surface area contributed by atoms with E-state index in [0.717, 1.165) is 31.0 Å².